The molecule has 1 aromatic heterocycles. The van der Waals surface area contributed by atoms with Gasteiger partial charge in [0.05, 0.1) is 12.0 Å². The number of esters is 1. The van der Waals surface area contributed by atoms with E-state index in [4.69, 9.17) is 4.42 Å². The Morgan fingerprint density at radius 1 is 1.47 bits per heavy atom. The van der Waals surface area contributed by atoms with Crippen LogP contribution in [0.5, 0.6) is 0 Å². The van der Waals surface area contributed by atoms with Crippen molar-refractivity contribution >= 4 is 35.0 Å². The maximum atomic E-state index is 11.9. The summed E-state index contributed by atoms with van der Waals surface area (Å²) in [4.78, 5) is 35.8. The number of nitrogens with zero attached hydrogens (tertiary/aromatic N) is 1. The topological polar surface area (TPSA) is 76.8 Å². The van der Waals surface area contributed by atoms with Gasteiger partial charge < -0.3 is 9.15 Å². The number of rotatable bonds is 3. The molecule has 2 rings (SSSR count). The van der Waals surface area contributed by atoms with Gasteiger partial charge in [-0.25, -0.2) is 0 Å². The molecule has 0 spiro atoms. The van der Waals surface area contributed by atoms with Crippen molar-refractivity contribution in [2.24, 2.45) is 0 Å². The fraction of sp³-hybridized carbons (Fsp3) is 0.250. The van der Waals surface area contributed by atoms with E-state index >= 15 is 0 Å². The van der Waals surface area contributed by atoms with E-state index in [-0.39, 0.29) is 11.4 Å². The third-order valence-corrected chi connectivity index (χ3v) is 3.33. The number of furan rings is 1. The van der Waals surface area contributed by atoms with Crippen LogP contribution in [-0.2, 0) is 14.3 Å². The monoisotopic (exact) mass is 281 g/mol. The predicted molar refractivity (Wildman–Crippen MR) is 68.1 cm³/mol. The smallest absolute Gasteiger partial charge is 0.325 e. The van der Waals surface area contributed by atoms with Crippen LogP contribution in [0.25, 0.3) is 6.08 Å². The van der Waals surface area contributed by atoms with Gasteiger partial charge in [-0.15, -0.1) is 0 Å². The summed E-state index contributed by atoms with van der Waals surface area (Å²) >= 11 is 0.769. The van der Waals surface area contributed by atoms with Gasteiger partial charge in [-0.2, -0.15) is 0 Å². The van der Waals surface area contributed by atoms with Crippen molar-refractivity contribution in [2.45, 2.75) is 6.92 Å². The predicted octanol–water partition coefficient (Wildman–Crippen LogP) is 1.80. The lowest BCUT2D eigenvalue weighted by Crippen LogP contribution is -2.34. The first-order valence-corrected chi connectivity index (χ1v) is 6.21. The number of methoxy groups -OCH3 is 1. The number of thioether (sulfide) groups is 1. The molecular formula is C12H11NO5S. The van der Waals surface area contributed by atoms with Gasteiger partial charge in [0.1, 0.15) is 18.1 Å². The fourth-order valence-corrected chi connectivity index (χ4v) is 2.31. The van der Waals surface area contributed by atoms with Crippen molar-refractivity contribution in [2.75, 3.05) is 13.7 Å². The van der Waals surface area contributed by atoms with Gasteiger partial charge in [0.25, 0.3) is 11.1 Å². The molecule has 1 saturated heterocycles. The lowest BCUT2D eigenvalue weighted by atomic mass is 10.3. The Morgan fingerprint density at radius 2 is 2.21 bits per heavy atom. The first-order chi connectivity index (χ1) is 9.01. The summed E-state index contributed by atoms with van der Waals surface area (Å²) in [7, 11) is 1.20. The molecule has 100 valence electrons. The Labute approximate surface area is 113 Å². The Balaban J connectivity index is 2.18. The molecule has 1 aliphatic heterocycles. The van der Waals surface area contributed by atoms with Crippen LogP contribution in [0.2, 0.25) is 0 Å². The summed E-state index contributed by atoms with van der Waals surface area (Å²) in [5.41, 5.74) is 0. The summed E-state index contributed by atoms with van der Waals surface area (Å²) < 4.78 is 9.74. The van der Waals surface area contributed by atoms with E-state index in [9.17, 15) is 14.4 Å². The second-order valence-corrected chi connectivity index (χ2v) is 4.79. The molecule has 0 unspecified atom stereocenters. The number of ether oxygens (including phenoxy) is 1. The molecule has 1 fully saturated rings. The standard InChI is InChI=1S/C12H11NO5S/c1-7-3-4-8(18-7)5-9-11(15)13(12(16)19-9)6-10(14)17-2/h3-5H,6H2,1-2H3/b9-5-. The number of hydrogen-bond acceptors (Lipinski definition) is 6. The van der Waals surface area contributed by atoms with Gasteiger partial charge in [0.2, 0.25) is 0 Å². The molecule has 7 heteroatoms. The van der Waals surface area contributed by atoms with E-state index in [0.717, 1.165) is 16.7 Å². The summed E-state index contributed by atoms with van der Waals surface area (Å²) in [6.45, 7) is 1.40. The van der Waals surface area contributed by atoms with Crippen LogP contribution in [0.1, 0.15) is 11.5 Å². The van der Waals surface area contributed by atoms with E-state index in [1.165, 1.54) is 13.2 Å². The largest absolute Gasteiger partial charge is 0.468 e. The van der Waals surface area contributed by atoms with Crippen molar-refractivity contribution in [3.8, 4) is 0 Å². The summed E-state index contributed by atoms with van der Waals surface area (Å²) in [6.07, 6.45) is 1.48. The number of hydrogen-bond donors (Lipinski definition) is 0. The highest BCUT2D eigenvalue weighted by Gasteiger charge is 2.36. The number of amides is 2. The van der Waals surface area contributed by atoms with Crippen LogP contribution in [0.4, 0.5) is 4.79 Å². The Morgan fingerprint density at radius 3 is 2.79 bits per heavy atom. The molecule has 0 radical (unpaired) electrons. The normalized spacial score (nSPS) is 17.4. The maximum Gasteiger partial charge on any atom is 0.325 e. The van der Waals surface area contributed by atoms with E-state index in [1.54, 1.807) is 19.1 Å². The highest BCUT2D eigenvalue weighted by atomic mass is 32.2. The molecule has 0 bridgehead atoms. The van der Waals surface area contributed by atoms with Gasteiger partial charge in [-0.05, 0) is 30.8 Å². The van der Waals surface area contributed by atoms with Crippen molar-refractivity contribution < 1.29 is 23.5 Å². The lowest BCUT2D eigenvalue weighted by Gasteiger charge is -2.09. The molecule has 0 N–H and O–H groups in total. The van der Waals surface area contributed by atoms with Crippen molar-refractivity contribution in [1.29, 1.82) is 0 Å². The Hall–Kier alpha value is -2.02. The summed E-state index contributed by atoms with van der Waals surface area (Å²) in [5, 5.41) is -0.495. The SMILES string of the molecule is COC(=O)CN1C(=O)S/C(=C\c2ccc(C)o2)C1=O. The molecule has 0 aliphatic carbocycles. The molecule has 2 amide bonds. The third kappa shape index (κ3) is 2.87. The minimum atomic E-state index is -0.641. The number of carbonyl (C=O) groups is 3. The molecule has 19 heavy (non-hydrogen) atoms. The van der Waals surface area contributed by atoms with E-state index < -0.39 is 17.1 Å². The van der Waals surface area contributed by atoms with Crippen LogP contribution >= 0.6 is 11.8 Å². The van der Waals surface area contributed by atoms with Crippen molar-refractivity contribution in [1.82, 2.24) is 4.90 Å². The Bertz CT molecular complexity index is 574. The zero-order valence-electron chi connectivity index (χ0n) is 10.3. The van der Waals surface area contributed by atoms with Crippen LogP contribution in [0, 0.1) is 6.92 Å². The van der Waals surface area contributed by atoms with Crippen molar-refractivity contribution in [3.63, 3.8) is 0 Å². The van der Waals surface area contributed by atoms with Gasteiger partial charge >= 0.3 is 5.97 Å². The summed E-state index contributed by atoms with van der Waals surface area (Å²) in [6, 6.07) is 3.45. The molecule has 0 atom stereocenters. The van der Waals surface area contributed by atoms with E-state index in [0.29, 0.717) is 11.5 Å². The second-order valence-electron chi connectivity index (χ2n) is 3.79. The number of aryl methyl sites for hydroxylation is 1. The Kier molecular flexibility index (Phi) is 3.75. The zero-order chi connectivity index (χ0) is 14.0. The van der Waals surface area contributed by atoms with Crippen molar-refractivity contribution in [3.05, 3.63) is 28.6 Å². The highest BCUT2D eigenvalue weighted by molar-refractivity contribution is 8.18. The van der Waals surface area contributed by atoms with E-state index in [2.05, 4.69) is 4.74 Å². The first-order valence-electron chi connectivity index (χ1n) is 5.40. The molecule has 0 saturated carbocycles. The molecule has 1 aliphatic rings. The zero-order valence-corrected chi connectivity index (χ0v) is 11.2. The van der Waals surface area contributed by atoms with Crippen LogP contribution in [0.3, 0.4) is 0 Å². The van der Waals surface area contributed by atoms with Gasteiger partial charge in [-0.3, -0.25) is 19.3 Å². The quantitative estimate of drug-likeness (QED) is 0.621. The first kappa shape index (κ1) is 13.4. The fourth-order valence-electron chi connectivity index (χ4n) is 1.49. The van der Waals surface area contributed by atoms with Crippen LogP contribution in [-0.4, -0.2) is 35.7 Å². The van der Waals surface area contributed by atoms with Gasteiger partial charge in [0, 0.05) is 6.08 Å². The maximum absolute atomic E-state index is 11.9. The van der Waals surface area contributed by atoms with Gasteiger partial charge in [0.15, 0.2) is 0 Å². The number of imide groups is 1. The third-order valence-electron chi connectivity index (χ3n) is 2.42. The average molecular weight is 281 g/mol. The molecule has 0 aromatic carbocycles. The lowest BCUT2D eigenvalue weighted by molar-refractivity contribution is -0.143. The van der Waals surface area contributed by atoms with Crippen LogP contribution < -0.4 is 0 Å². The molecule has 6 nitrogen and oxygen atoms in total. The minimum Gasteiger partial charge on any atom is -0.468 e. The van der Waals surface area contributed by atoms with E-state index in [1.807, 2.05) is 0 Å². The van der Waals surface area contributed by atoms with Gasteiger partial charge in [-0.1, -0.05) is 0 Å². The molecule has 1 aromatic rings. The minimum absolute atomic E-state index is 0.225. The number of carbonyl (C=O) groups excluding carboxylic acids is 3. The second kappa shape index (κ2) is 5.31. The highest BCUT2D eigenvalue weighted by Crippen LogP contribution is 2.32. The van der Waals surface area contributed by atoms with Crippen LogP contribution in [0.15, 0.2) is 21.5 Å². The molecule has 2 heterocycles. The summed E-state index contributed by atoms with van der Waals surface area (Å²) in [5.74, 6) is 0.0351. The average Bonchev–Trinajstić information content (AvgIpc) is 2.88. The molecular weight excluding hydrogens is 270 g/mol.